The van der Waals surface area contributed by atoms with Crippen LogP contribution in [0.2, 0.25) is 0 Å². The number of rotatable bonds is 4. The molecule has 0 heterocycles. The molecule has 16 heavy (non-hydrogen) atoms. The summed E-state index contributed by atoms with van der Waals surface area (Å²) in [6.07, 6.45) is 0. The predicted molar refractivity (Wildman–Crippen MR) is 61.5 cm³/mol. The smallest absolute Gasteiger partial charge is 0.165 e. The fourth-order valence-corrected chi connectivity index (χ4v) is 1.12. The molecule has 0 bridgehead atoms. The number of halogens is 2. The Kier molecular flexibility index (Phi) is 4.50. The molecule has 1 aromatic rings. The zero-order valence-corrected chi connectivity index (χ0v) is 9.84. The molecule has 1 rings (SSSR count). The number of hydrogen-bond acceptors (Lipinski definition) is 2. The van der Waals surface area contributed by atoms with Gasteiger partial charge in [0.1, 0.15) is 6.61 Å². The standard InChI is InChI=1S/C12H12ClFO2/c1-8(6-13)7-16-12-4-3-10(9(2)15)5-11(12)14/h3-6H,7H2,1-2H3/b8-6+. The van der Waals surface area contributed by atoms with Crippen molar-refractivity contribution in [2.75, 3.05) is 6.61 Å². The van der Waals surface area contributed by atoms with Gasteiger partial charge < -0.3 is 4.74 Å². The van der Waals surface area contributed by atoms with Crippen molar-refractivity contribution in [3.05, 3.63) is 40.7 Å². The molecular weight excluding hydrogens is 231 g/mol. The first kappa shape index (κ1) is 12.7. The van der Waals surface area contributed by atoms with Gasteiger partial charge in [-0.25, -0.2) is 4.39 Å². The minimum Gasteiger partial charge on any atom is -0.486 e. The average Bonchev–Trinajstić information content (AvgIpc) is 2.26. The lowest BCUT2D eigenvalue weighted by molar-refractivity contribution is 0.101. The number of carbonyl (C=O) groups excluding carboxylic acids is 1. The Morgan fingerprint density at radius 3 is 2.69 bits per heavy atom. The molecule has 86 valence electrons. The van der Waals surface area contributed by atoms with Gasteiger partial charge in [0, 0.05) is 11.1 Å². The number of hydrogen-bond donors (Lipinski definition) is 0. The molecule has 0 atom stereocenters. The maximum atomic E-state index is 13.4. The van der Waals surface area contributed by atoms with Crippen LogP contribution in [0, 0.1) is 5.82 Å². The zero-order valence-electron chi connectivity index (χ0n) is 9.09. The minimum atomic E-state index is -0.546. The molecular formula is C12H12ClFO2. The third kappa shape index (κ3) is 3.35. The fraction of sp³-hybridized carbons (Fsp3) is 0.250. The van der Waals surface area contributed by atoms with Crippen molar-refractivity contribution < 1.29 is 13.9 Å². The molecule has 0 aliphatic carbocycles. The molecule has 0 aromatic heterocycles. The van der Waals surface area contributed by atoms with Crippen molar-refractivity contribution >= 4 is 17.4 Å². The quantitative estimate of drug-likeness (QED) is 0.755. The Morgan fingerprint density at radius 1 is 1.50 bits per heavy atom. The summed E-state index contributed by atoms with van der Waals surface area (Å²) in [7, 11) is 0. The van der Waals surface area contributed by atoms with E-state index in [9.17, 15) is 9.18 Å². The molecule has 0 unspecified atom stereocenters. The number of ketones is 1. The van der Waals surface area contributed by atoms with E-state index in [1.54, 1.807) is 6.92 Å². The second-order valence-electron chi connectivity index (χ2n) is 3.45. The van der Waals surface area contributed by atoms with Gasteiger partial charge in [-0.1, -0.05) is 11.6 Å². The lowest BCUT2D eigenvalue weighted by Gasteiger charge is -2.07. The van der Waals surface area contributed by atoms with Crippen LogP contribution in [0.3, 0.4) is 0 Å². The highest BCUT2D eigenvalue weighted by Crippen LogP contribution is 2.19. The van der Waals surface area contributed by atoms with E-state index in [2.05, 4.69) is 0 Å². The van der Waals surface area contributed by atoms with Gasteiger partial charge in [-0.3, -0.25) is 4.79 Å². The Labute approximate surface area is 98.7 Å². The van der Waals surface area contributed by atoms with Crippen LogP contribution >= 0.6 is 11.6 Å². The summed E-state index contributed by atoms with van der Waals surface area (Å²) < 4.78 is 18.6. The summed E-state index contributed by atoms with van der Waals surface area (Å²) in [6, 6.07) is 4.13. The number of carbonyl (C=O) groups is 1. The first-order valence-electron chi connectivity index (χ1n) is 4.73. The van der Waals surface area contributed by atoms with E-state index in [0.717, 1.165) is 11.6 Å². The van der Waals surface area contributed by atoms with Gasteiger partial charge in [-0.15, -0.1) is 0 Å². The summed E-state index contributed by atoms with van der Waals surface area (Å²) in [4.78, 5) is 11.0. The summed E-state index contributed by atoms with van der Waals surface area (Å²) >= 11 is 5.44. The molecule has 0 saturated heterocycles. The second kappa shape index (κ2) is 5.66. The van der Waals surface area contributed by atoms with Crippen LogP contribution in [-0.2, 0) is 0 Å². The van der Waals surface area contributed by atoms with Gasteiger partial charge in [-0.05, 0) is 37.6 Å². The van der Waals surface area contributed by atoms with E-state index in [-0.39, 0.29) is 18.1 Å². The number of Topliss-reactive ketones (excluding diaryl/α,β-unsaturated/α-hetero) is 1. The largest absolute Gasteiger partial charge is 0.486 e. The fourth-order valence-electron chi connectivity index (χ4n) is 1.06. The molecule has 0 amide bonds. The molecule has 0 spiro atoms. The molecule has 0 aliphatic heterocycles. The van der Waals surface area contributed by atoms with Crippen molar-refractivity contribution in [3.8, 4) is 5.75 Å². The zero-order chi connectivity index (χ0) is 12.1. The van der Waals surface area contributed by atoms with E-state index in [4.69, 9.17) is 16.3 Å². The molecule has 0 saturated carbocycles. The van der Waals surface area contributed by atoms with E-state index in [0.29, 0.717) is 5.56 Å². The first-order chi connectivity index (χ1) is 7.54. The highest BCUT2D eigenvalue weighted by Gasteiger charge is 2.07. The molecule has 1 aromatic carbocycles. The first-order valence-corrected chi connectivity index (χ1v) is 5.17. The molecule has 0 N–H and O–H groups in total. The minimum absolute atomic E-state index is 0.114. The van der Waals surface area contributed by atoms with E-state index < -0.39 is 5.82 Å². The number of ether oxygens (including phenoxy) is 1. The van der Waals surface area contributed by atoms with E-state index >= 15 is 0 Å². The van der Waals surface area contributed by atoms with Crippen LogP contribution in [0.15, 0.2) is 29.3 Å². The van der Waals surface area contributed by atoms with Crippen molar-refractivity contribution in [2.24, 2.45) is 0 Å². The number of benzene rings is 1. The normalized spacial score (nSPS) is 11.4. The topological polar surface area (TPSA) is 26.3 Å². The van der Waals surface area contributed by atoms with Crippen LogP contribution in [0.5, 0.6) is 5.75 Å². The highest BCUT2D eigenvalue weighted by atomic mass is 35.5. The maximum absolute atomic E-state index is 13.4. The predicted octanol–water partition coefficient (Wildman–Crippen LogP) is 3.55. The summed E-state index contributed by atoms with van der Waals surface area (Å²) in [5, 5.41) is 0. The molecule has 2 nitrogen and oxygen atoms in total. The van der Waals surface area contributed by atoms with Crippen LogP contribution in [0.4, 0.5) is 4.39 Å². The van der Waals surface area contributed by atoms with Gasteiger partial charge in [0.2, 0.25) is 0 Å². The lowest BCUT2D eigenvalue weighted by Crippen LogP contribution is -2.01. The highest BCUT2D eigenvalue weighted by molar-refractivity contribution is 6.25. The van der Waals surface area contributed by atoms with Gasteiger partial charge in [0.25, 0.3) is 0 Å². The average molecular weight is 243 g/mol. The van der Waals surface area contributed by atoms with Crippen LogP contribution in [0.25, 0.3) is 0 Å². The van der Waals surface area contributed by atoms with Crippen molar-refractivity contribution in [1.82, 2.24) is 0 Å². The monoisotopic (exact) mass is 242 g/mol. The van der Waals surface area contributed by atoms with Crippen LogP contribution in [-0.4, -0.2) is 12.4 Å². The Hall–Kier alpha value is -1.35. The third-order valence-corrected chi connectivity index (χ3v) is 2.35. The Balaban J connectivity index is 2.79. The van der Waals surface area contributed by atoms with Crippen molar-refractivity contribution in [1.29, 1.82) is 0 Å². The third-order valence-electron chi connectivity index (χ3n) is 1.98. The van der Waals surface area contributed by atoms with E-state index in [1.807, 2.05) is 0 Å². The summed E-state index contributed by atoms with van der Waals surface area (Å²) in [5.74, 6) is -0.611. The Morgan fingerprint density at radius 2 is 2.19 bits per heavy atom. The molecule has 0 radical (unpaired) electrons. The second-order valence-corrected chi connectivity index (χ2v) is 3.66. The van der Waals surface area contributed by atoms with Gasteiger partial charge in [-0.2, -0.15) is 0 Å². The summed E-state index contributed by atoms with van der Waals surface area (Å²) in [6.45, 7) is 3.38. The molecule has 0 aliphatic rings. The van der Waals surface area contributed by atoms with Crippen LogP contribution < -0.4 is 4.74 Å². The maximum Gasteiger partial charge on any atom is 0.165 e. The van der Waals surface area contributed by atoms with E-state index in [1.165, 1.54) is 24.6 Å². The van der Waals surface area contributed by atoms with Crippen molar-refractivity contribution in [3.63, 3.8) is 0 Å². The molecule has 4 heteroatoms. The van der Waals surface area contributed by atoms with Gasteiger partial charge >= 0.3 is 0 Å². The SMILES string of the molecule is CC(=O)c1ccc(OC/C(C)=C/Cl)c(F)c1. The van der Waals surface area contributed by atoms with Gasteiger partial charge in [0.05, 0.1) is 0 Å². The van der Waals surface area contributed by atoms with Gasteiger partial charge in [0.15, 0.2) is 17.3 Å². The lowest BCUT2D eigenvalue weighted by atomic mass is 10.1. The Bertz CT molecular complexity index is 427. The summed E-state index contributed by atoms with van der Waals surface area (Å²) in [5.41, 5.74) is 2.49. The molecule has 0 fully saturated rings. The van der Waals surface area contributed by atoms with Crippen molar-refractivity contribution in [2.45, 2.75) is 13.8 Å². The van der Waals surface area contributed by atoms with Crippen LogP contribution in [0.1, 0.15) is 24.2 Å².